The predicted molar refractivity (Wildman–Crippen MR) is 82.0 cm³/mol. The van der Waals surface area contributed by atoms with E-state index in [-0.39, 0.29) is 11.6 Å². The summed E-state index contributed by atoms with van der Waals surface area (Å²) in [7, 11) is 0. The van der Waals surface area contributed by atoms with E-state index in [9.17, 15) is 13.6 Å². The molecule has 2 unspecified atom stereocenters. The second-order valence-electron chi connectivity index (χ2n) is 7.33. The average molecular weight is 324 g/mol. The fraction of sp³-hybridized carbons (Fsp3) is 0.588. The highest BCUT2D eigenvalue weighted by Gasteiger charge is 2.54. The molecule has 0 aromatic heterocycles. The molecule has 2 aliphatic heterocycles. The van der Waals surface area contributed by atoms with Gasteiger partial charge in [-0.15, -0.1) is 0 Å². The van der Waals surface area contributed by atoms with Crippen molar-refractivity contribution in [1.29, 1.82) is 0 Å². The molecule has 1 amide bonds. The lowest BCUT2D eigenvalue weighted by molar-refractivity contribution is -0.0122. The smallest absolute Gasteiger partial charge is 0.411 e. The molecule has 23 heavy (non-hydrogen) atoms. The zero-order valence-electron chi connectivity index (χ0n) is 13.7. The molecule has 6 heteroatoms. The van der Waals surface area contributed by atoms with Crippen LogP contribution in [-0.2, 0) is 10.3 Å². The van der Waals surface area contributed by atoms with E-state index < -0.39 is 28.9 Å². The lowest BCUT2D eigenvalue weighted by atomic mass is 9.86. The normalized spacial score (nSPS) is 27.2. The Morgan fingerprint density at radius 1 is 1.39 bits per heavy atom. The van der Waals surface area contributed by atoms with E-state index in [1.807, 2.05) is 0 Å². The predicted octanol–water partition coefficient (Wildman–Crippen LogP) is 3.16. The van der Waals surface area contributed by atoms with E-state index in [0.29, 0.717) is 19.5 Å². The van der Waals surface area contributed by atoms with Gasteiger partial charge < -0.3 is 10.1 Å². The van der Waals surface area contributed by atoms with Gasteiger partial charge in [0.15, 0.2) is 0 Å². The van der Waals surface area contributed by atoms with Crippen molar-refractivity contribution in [2.75, 3.05) is 13.1 Å². The van der Waals surface area contributed by atoms with E-state index >= 15 is 0 Å². The van der Waals surface area contributed by atoms with Crippen molar-refractivity contribution in [3.63, 3.8) is 0 Å². The van der Waals surface area contributed by atoms with Gasteiger partial charge in [0.25, 0.3) is 0 Å². The first-order chi connectivity index (χ1) is 10.7. The molecule has 2 atom stereocenters. The minimum Gasteiger partial charge on any atom is -0.444 e. The number of halogens is 2. The second kappa shape index (κ2) is 5.44. The van der Waals surface area contributed by atoms with Crippen molar-refractivity contribution >= 4 is 6.09 Å². The number of hydrogen-bond donors (Lipinski definition) is 1. The van der Waals surface area contributed by atoms with Crippen molar-refractivity contribution in [2.24, 2.45) is 0 Å². The minimum atomic E-state index is -0.891. The number of ether oxygens (including phenoxy) is 1. The summed E-state index contributed by atoms with van der Waals surface area (Å²) in [6.07, 6.45) is 0.858. The Hall–Kier alpha value is -1.69. The average Bonchev–Trinajstić information content (AvgIpc) is 2.67. The maximum atomic E-state index is 14.4. The largest absolute Gasteiger partial charge is 0.444 e. The maximum absolute atomic E-state index is 14.4. The van der Waals surface area contributed by atoms with Gasteiger partial charge in [-0.2, -0.15) is 0 Å². The first-order valence-electron chi connectivity index (χ1n) is 7.91. The highest BCUT2D eigenvalue weighted by atomic mass is 19.1. The standard InChI is InChI=1S/C17H22F2N2O2/c1-16(2,3)23-15(22)21-12-6-7-17(21,10-20-9-12)13-8-11(18)4-5-14(13)19/h4-5,8,12,20H,6-7,9-10H2,1-3H3. The van der Waals surface area contributed by atoms with Crippen LogP contribution in [0.1, 0.15) is 39.2 Å². The third-order valence-corrected chi connectivity index (χ3v) is 4.53. The van der Waals surface area contributed by atoms with Crippen LogP contribution < -0.4 is 5.32 Å². The Bertz CT molecular complexity index is 626. The molecule has 1 aromatic carbocycles. The van der Waals surface area contributed by atoms with Gasteiger partial charge in [-0.25, -0.2) is 13.6 Å². The molecule has 0 aliphatic carbocycles. The third-order valence-electron chi connectivity index (χ3n) is 4.53. The Morgan fingerprint density at radius 3 is 2.83 bits per heavy atom. The highest BCUT2D eigenvalue weighted by Crippen LogP contribution is 2.45. The number of nitrogens with one attached hydrogen (secondary N) is 1. The Balaban J connectivity index is 2.03. The lowest BCUT2D eigenvalue weighted by Crippen LogP contribution is -2.61. The van der Waals surface area contributed by atoms with Crippen LogP contribution >= 0.6 is 0 Å². The summed E-state index contributed by atoms with van der Waals surface area (Å²) < 4.78 is 33.6. The van der Waals surface area contributed by atoms with Crippen LogP contribution in [-0.4, -0.2) is 35.7 Å². The van der Waals surface area contributed by atoms with Crippen LogP contribution in [0.15, 0.2) is 18.2 Å². The molecular formula is C17H22F2N2O2. The van der Waals surface area contributed by atoms with Crippen molar-refractivity contribution in [2.45, 2.75) is 50.8 Å². The Kier molecular flexibility index (Phi) is 3.83. The van der Waals surface area contributed by atoms with Gasteiger partial charge in [-0.1, -0.05) is 0 Å². The maximum Gasteiger partial charge on any atom is 0.411 e. The monoisotopic (exact) mass is 324 g/mol. The molecule has 0 spiro atoms. The number of rotatable bonds is 1. The number of piperazine rings is 1. The topological polar surface area (TPSA) is 41.6 Å². The van der Waals surface area contributed by atoms with Crippen LogP contribution in [0.4, 0.5) is 13.6 Å². The molecule has 0 radical (unpaired) electrons. The minimum absolute atomic E-state index is 0.0683. The highest BCUT2D eigenvalue weighted by molar-refractivity contribution is 5.71. The quantitative estimate of drug-likeness (QED) is 0.863. The fourth-order valence-electron chi connectivity index (χ4n) is 3.67. The lowest BCUT2D eigenvalue weighted by Gasteiger charge is -2.45. The summed E-state index contributed by atoms with van der Waals surface area (Å²) in [5, 5.41) is 3.24. The van der Waals surface area contributed by atoms with Gasteiger partial charge in [0.2, 0.25) is 0 Å². The number of fused-ring (bicyclic) bond motifs is 2. The van der Waals surface area contributed by atoms with Crippen molar-refractivity contribution in [3.8, 4) is 0 Å². The van der Waals surface area contributed by atoms with E-state index in [4.69, 9.17) is 4.74 Å². The molecule has 3 rings (SSSR count). The van der Waals surface area contributed by atoms with Gasteiger partial charge >= 0.3 is 6.09 Å². The number of benzene rings is 1. The number of hydrogen-bond acceptors (Lipinski definition) is 3. The Labute approximate surface area is 134 Å². The summed E-state index contributed by atoms with van der Waals surface area (Å²) in [5.41, 5.74) is -1.31. The summed E-state index contributed by atoms with van der Waals surface area (Å²) in [6.45, 7) is 6.42. The SMILES string of the molecule is CC(C)(C)OC(=O)N1C2CCC1(c1cc(F)ccc1F)CNC2. The molecule has 0 saturated carbocycles. The molecule has 1 N–H and O–H groups in total. The Morgan fingerprint density at radius 2 is 2.13 bits per heavy atom. The molecular weight excluding hydrogens is 302 g/mol. The molecule has 2 heterocycles. The first kappa shape index (κ1) is 16.2. The van der Waals surface area contributed by atoms with Gasteiger partial charge in [0.05, 0.1) is 5.54 Å². The molecule has 2 fully saturated rings. The van der Waals surface area contributed by atoms with E-state index in [2.05, 4.69) is 5.32 Å². The molecule has 1 aromatic rings. The zero-order chi connectivity index (χ0) is 16.8. The van der Waals surface area contributed by atoms with Crippen LogP contribution in [0.25, 0.3) is 0 Å². The van der Waals surface area contributed by atoms with Crippen molar-refractivity contribution in [3.05, 3.63) is 35.4 Å². The van der Waals surface area contributed by atoms with Crippen LogP contribution in [0.3, 0.4) is 0 Å². The van der Waals surface area contributed by atoms with Gasteiger partial charge in [-0.05, 0) is 51.8 Å². The summed E-state index contributed by atoms with van der Waals surface area (Å²) in [4.78, 5) is 14.3. The van der Waals surface area contributed by atoms with E-state index in [0.717, 1.165) is 18.6 Å². The van der Waals surface area contributed by atoms with Crippen LogP contribution in [0, 0.1) is 11.6 Å². The summed E-state index contributed by atoms with van der Waals surface area (Å²) in [6, 6.07) is 3.34. The van der Waals surface area contributed by atoms with Crippen molar-refractivity contribution in [1.82, 2.24) is 10.2 Å². The number of nitrogens with zero attached hydrogens (tertiary/aromatic N) is 1. The van der Waals surface area contributed by atoms with Gasteiger partial charge in [0.1, 0.15) is 17.2 Å². The first-order valence-corrected chi connectivity index (χ1v) is 7.91. The fourth-order valence-corrected chi connectivity index (χ4v) is 3.67. The van der Waals surface area contributed by atoms with E-state index in [1.54, 1.807) is 25.7 Å². The van der Waals surface area contributed by atoms with Crippen LogP contribution in [0.2, 0.25) is 0 Å². The number of carbonyl (C=O) groups is 1. The molecule has 4 nitrogen and oxygen atoms in total. The van der Waals surface area contributed by atoms with Gasteiger partial charge in [-0.3, -0.25) is 4.90 Å². The second-order valence-corrected chi connectivity index (χ2v) is 7.33. The number of amides is 1. The molecule has 2 aliphatic rings. The van der Waals surface area contributed by atoms with Gasteiger partial charge in [0, 0.05) is 24.7 Å². The summed E-state index contributed by atoms with van der Waals surface area (Å²) >= 11 is 0. The third kappa shape index (κ3) is 2.80. The molecule has 126 valence electrons. The zero-order valence-corrected chi connectivity index (χ0v) is 13.7. The van der Waals surface area contributed by atoms with E-state index in [1.165, 1.54) is 6.07 Å². The molecule has 2 saturated heterocycles. The summed E-state index contributed by atoms with van der Waals surface area (Å²) in [5.74, 6) is -1.00. The van der Waals surface area contributed by atoms with Crippen LogP contribution in [0.5, 0.6) is 0 Å². The number of carbonyl (C=O) groups excluding carboxylic acids is 1. The molecule has 2 bridgehead atoms. The van der Waals surface area contributed by atoms with Crippen molar-refractivity contribution < 1.29 is 18.3 Å².